The van der Waals surface area contributed by atoms with E-state index < -0.39 is 0 Å². The highest BCUT2D eigenvalue weighted by Crippen LogP contribution is 2.30. The average molecular weight is 401 g/mol. The van der Waals surface area contributed by atoms with Gasteiger partial charge >= 0.3 is 0 Å². The van der Waals surface area contributed by atoms with E-state index in [1.165, 1.54) is 12.0 Å². The van der Waals surface area contributed by atoms with Crippen LogP contribution in [0.4, 0.5) is 0 Å². The quantitative estimate of drug-likeness (QED) is 0.769. The summed E-state index contributed by atoms with van der Waals surface area (Å²) in [5.41, 5.74) is 3.48. The van der Waals surface area contributed by atoms with Gasteiger partial charge in [0, 0.05) is 6.42 Å². The predicted octanol–water partition coefficient (Wildman–Crippen LogP) is 4.03. The Morgan fingerprint density at radius 3 is 2.82 bits per heavy atom. The molecule has 5 heteroatoms. The normalized spacial score (nSPS) is 19.1. The van der Waals surface area contributed by atoms with E-state index in [2.05, 4.69) is 41.0 Å². The van der Waals surface area contributed by atoms with Gasteiger partial charge < -0.3 is 15.4 Å². The number of hydrogen-bond acceptors (Lipinski definition) is 3. The minimum atomic E-state index is -0.118. The first kappa shape index (κ1) is 20.7. The summed E-state index contributed by atoms with van der Waals surface area (Å²) in [5, 5.41) is 6.65. The SMILES string of the molecule is Cl.O=C(CCC1CCNC1)NC(c1ccccc1)c1ccc2c(c1)CCCO2. The first-order chi connectivity index (χ1) is 13.3. The minimum Gasteiger partial charge on any atom is -0.493 e. The van der Waals surface area contributed by atoms with Gasteiger partial charge in [-0.1, -0.05) is 36.4 Å². The van der Waals surface area contributed by atoms with Crippen molar-refractivity contribution in [1.82, 2.24) is 10.6 Å². The number of rotatable bonds is 6. The van der Waals surface area contributed by atoms with Crippen LogP contribution in [-0.4, -0.2) is 25.6 Å². The molecule has 1 fully saturated rings. The van der Waals surface area contributed by atoms with Gasteiger partial charge in [0.25, 0.3) is 0 Å². The Hall–Kier alpha value is -2.04. The van der Waals surface area contributed by atoms with Gasteiger partial charge in [0.1, 0.15) is 5.75 Å². The van der Waals surface area contributed by atoms with E-state index in [4.69, 9.17) is 4.74 Å². The molecule has 2 atom stereocenters. The lowest BCUT2D eigenvalue weighted by Gasteiger charge is -2.23. The Balaban J connectivity index is 0.00000225. The molecule has 0 bridgehead atoms. The zero-order valence-corrected chi connectivity index (χ0v) is 17.0. The molecule has 0 aromatic heterocycles. The van der Waals surface area contributed by atoms with E-state index in [0.717, 1.165) is 55.8 Å². The van der Waals surface area contributed by atoms with Crippen LogP contribution in [0.2, 0.25) is 0 Å². The molecule has 0 aliphatic carbocycles. The van der Waals surface area contributed by atoms with Gasteiger partial charge in [-0.3, -0.25) is 4.79 Å². The van der Waals surface area contributed by atoms with E-state index in [0.29, 0.717) is 12.3 Å². The van der Waals surface area contributed by atoms with Gasteiger partial charge in [-0.25, -0.2) is 0 Å². The molecule has 4 rings (SSSR count). The molecule has 28 heavy (non-hydrogen) atoms. The van der Waals surface area contributed by atoms with Crippen molar-refractivity contribution in [2.45, 2.75) is 38.1 Å². The Labute approximate surface area is 173 Å². The number of ether oxygens (including phenoxy) is 1. The Bertz CT molecular complexity index is 775. The number of nitrogens with one attached hydrogen (secondary N) is 2. The number of carbonyl (C=O) groups excluding carboxylic acids is 1. The van der Waals surface area contributed by atoms with Gasteiger partial charge in [0.05, 0.1) is 12.6 Å². The lowest BCUT2D eigenvalue weighted by Crippen LogP contribution is -2.29. The van der Waals surface area contributed by atoms with Gasteiger partial charge in [-0.05, 0) is 73.5 Å². The van der Waals surface area contributed by atoms with Crippen LogP contribution in [0.15, 0.2) is 48.5 Å². The summed E-state index contributed by atoms with van der Waals surface area (Å²) >= 11 is 0. The van der Waals surface area contributed by atoms with Crippen molar-refractivity contribution in [3.8, 4) is 5.75 Å². The molecule has 2 heterocycles. The van der Waals surface area contributed by atoms with E-state index in [9.17, 15) is 4.79 Å². The molecule has 1 amide bonds. The van der Waals surface area contributed by atoms with Gasteiger partial charge in [-0.2, -0.15) is 0 Å². The van der Waals surface area contributed by atoms with Gasteiger partial charge in [-0.15, -0.1) is 12.4 Å². The second-order valence-electron chi connectivity index (χ2n) is 7.63. The number of carbonyl (C=O) groups is 1. The summed E-state index contributed by atoms with van der Waals surface area (Å²) in [6.07, 6.45) is 4.81. The third-order valence-corrected chi connectivity index (χ3v) is 5.65. The molecule has 0 spiro atoms. The second kappa shape index (κ2) is 9.94. The number of amides is 1. The van der Waals surface area contributed by atoms with Crippen molar-refractivity contribution >= 4 is 18.3 Å². The molecule has 4 nitrogen and oxygen atoms in total. The number of fused-ring (bicyclic) bond motifs is 1. The Morgan fingerprint density at radius 2 is 2.04 bits per heavy atom. The highest BCUT2D eigenvalue weighted by molar-refractivity contribution is 5.85. The summed E-state index contributed by atoms with van der Waals surface area (Å²) < 4.78 is 5.75. The number of benzene rings is 2. The van der Waals surface area contributed by atoms with Crippen LogP contribution in [0.3, 0.4) is 0 Å². The smallest absolute Gasteiger partial charge is 0.220 e. The van der Waals surface area contributed by atoms with Crippen LogP contribution in [0.5, 0.6) is 5.75 Å². The third kappa shape index (κ3) is 5.06. The summed E-state index contributed by atoms with van der Waals surface area (Å²) in [7, 11) is 0. The molecule has 2 aromatic carbocycles. The lowest BCUT2D eigenvalue weighted by atomic mass is 9.94. The van der Waals surface area contributed by atoms with E-state index in [-0.39, 0.29) is 24.4 Å². The molecule has 2 aliphatic rings. The maximum atomic E-state index is 12.7. The van der Waals surface area contributed by atoms with E-state index in [1.807, 2.05) is 18.2 Å². The summed E-state index contributed by atoms with van der Waals surface area (Å²) in [4.78, 5) is 12.7. The lowest BCUT2D eigenvalue weighted by molar-refractivity contribution is -0.121. The maximum absolute atomic E-state index is 12.7. The number of hydrogen-bond donors (Lipinski definition) is 2. The molecule has 2 unspecified atom stereocenters. The monoisotopic (exact) mass is 400 g/mol. The Kier molecular flexibility index (Phi) is 7.35. The van der Waals surface area contributed by atoms with Crippen molar-refractivity contribution < 1.29 is 9.53 Å². The fourth-order valence-corrected chi connectivity index (χ4v) is 4.09. The molecule has 2 aliphatic heterocycles. The van der Waals surface area contributed by atoms with Crippen molar-refractivity contribution in [2.24, 2.45) is 5.92 Å². The summed E-state index contributed by atoms with van der Waals surface area (Å²) in [6.45, 7) is 2.91. The van der Waals surface area contributed by atoms with Crippen LogP contribution in [0, 0.1) is 5.92 Å². The highest BCUT2D eigenvalue weighted by Gasteiger charge is 2.21. The molecule has 2 N–H and O–H groups in total. The molecule has 0 radical (unpaired) electrons. The fraction of sp³-hybridized carbons (Fsp3) is 0.435. The Morgan fingerprint density at radius 1 is 1.18 bits per heavy atom. The third-order valence-electron chi connectivity index (χ3n) is 5.65. The first-order valence-electron chi connectivity index (χ1n) is 10.1. The van der Waals surface area contributed by atoms with Crippen molar-refractivity contribution in [1.29, 1.82) is 0 Å². The number of halogens is 1. The fourth-order valence-electron chi connectivity index (χ4n) is 4.09. The van der Waals surface area contributed by atoms with Gasteiger partial charge in [0.15, 0.2) is 0 Å². The zero-order chi connectivity index (χ0) is 18.5. The second-order valence-corrected chi connectivity index (χ2v) is 7.63. The molecule has 2 aromatic rings. The molecular formula is C23H29ClN2O2. The molecular weight excluding hydrogens is 372 g/mol. The zero-order valence-electron chi connectivity index (χ0n) is 16.2. The van der Waals surface area contributed by atoms with Crippen molar-refractivity contribution in [3.05, 3.63) is 65.2 Å². The largest absolute Gasteiger partial charge is 0.493 e. The first-order valence-corrected chi connectivity index (χ1v) is 10.1. The van der Waals surface area contributed by atoms with Gasteiger partial charge in [0.2, 0.25) is 5.91 Å². The maximum Gasteiger partial charge on any atom is 0.220 e. The molecule has 0 saturated carbocycles. The minimum absolute atomic E-state index is 0. The summed E-state index contributed by atoms with van der Waals surface area (Å²) in [5.74, 6) is 1.74. The standard InChI is InChI=1S/C23H28N2O2.ClH/c26-22(11-8-17-12-13-24-16-17)25-23(18-5-2-1-3-6-18)20-9-10-21-19(15-20)7-4-14-27-21;/h1-3,5-6,9-10,15,17,23-24H,4,7-8,11-14,16H2,(H,25,26);1H. The van der Waals surface area contributed by atoms with Crippen molar-refractivity contribution in [3.63, 3.8) is 0 Å². The highest BCUT2D eigenvalue weighted by atomic mass is 35.5. The van der Waals surface area contributed by atoms with Crippen LogP contribution < -0.4 is 15.4 Å². The van der Waals surface area contributed by atoms with E-state index >= 15 is 0 Å². The summed E-state index contributed by atoms with van der Waals surface area (Å²) in [6, 6.07) is 16.5. The number of aryl methyl sites for hydroxylation is 1. The van der Waals surface area contributed by atoms with Crippen LogP contribution in [0.25, 0.3) is 0 Å². The van der Waals surface area contributed by atoms with Crippen LogP contribution in [-0.2, 0) is 11.2 Å². The topological polar surface area (TPSA) is 50.4 Å². The predicted molar refractivity (Wildman–Crippen MR) is 114 cm³/mol. The molecule has 1 saturated heterocycles. The van der Waals surface area contributed by atoms with E-state index in [1.54, 1.807) is 0 Å². The van der Waals surface area contributed by atoms with Crippen molar-refractivity contribution in [2.75, 3.05) is 19.7 Å². The van der Waals surface area contributed by atoms with Crippen LogP contribution in [0.1, 0.15) is 48.4 Å². The van der Waals surface area contributed by atoms with Crippen LogP contribution >= 0.6 is 12.4 Å². The molecule has 150 valence electrons. The average Bonchev–Trinajstić information content (AvgIpc) is 3.24.